The van der Waals surface area contributed by atoms with Gasteiger partial charge in [0.2, 0.25) is 10.0 Å². The Morgan fingerprint density at radius 2 is 1.70 bits per heavy atom. The molecule has 1 aromatic carbocycles. The van der Waals surface area contributed by atoms with Gasteiger partial charge in [0, 0.05) is 24.4 Å². The molecule has 0 bridgehead atoms. The van der Waals surface area contributed by atoms with E-state index >= 15 is 0 Å². The molecule has 124 valence electrons. The van der Waals surface area contributed by atoms with Crippen LogP contribution in [0.1, 0.15) is 49.4 Å². The van der Waals surface area contributed by atoms with E-state index in [1.807, 2.05) is 18.2 Å². The van der Waals surface area contributed by atoms with Gasteiger partial charge in [0.15, 0.2) is 0 Å². The number of rotatable bonds is 7. The summed E-state index contributed by atoms with van der Waals surface area (Å²) in [6.45, 7) is 6.25. The number of hydrogen-bond acceptors (Lipinski definition) is 3. The summed E-state index contributed by atoms with van der Waals surface area (Å²) in [6, 6.07) is 14.0. The van der Waals surface area contributed by atoms with Gasteiger partial charge in [-0.2, -0.15) is 0 Å². The van der Waals surface area contributed by atoms with E-state index in [0.717, 1.165) is 11.3 Å². The first-order valence-electron chi connectivity index (χ1n) is 7.91. The first kappa shape index (κ1) is 17.6. The average molecular weight is 332 g/mol. The molecule has 4 nitrogen and oxygen atoms in total. The molecule has 23 heavy (non-hydrogen) atoms. The van der Waals surface area contributed by atoms with Crippen LogP contribution in [0.5, 0.6) is 0 Å². The monoisotopic (exact) mass is 332 g/mol. The van der Waals surface area contributed by atoms with Crippen LogP contribution >= 0.6 is 0 Å². The van der Waals surface area contributed by atoms with Crippen LogP contribution in [-0.4, -0.2) is 25.7 Å². The van der Waals surface area contributed by atoms with Gasteiger partial charge in [0.05, 0.1) is 5.75 Å². The molecule has 5 heteroatoms. The van der Waals surface area contributed by atoms with Gasteiger partial charge in [-0.15, -0.1) is 0 Å². The van der Waals surface area contributed by atoms with Crippen molar-refractivity contribution in [2.24, 2.45) is 0 Å². The second-order valence-corrected chi connectivity index (χ2v) is 7.98. The quantitative estimate of drug-likeness (QED) is 0.846. The summed E-state index contributed by atoms with van der Waals surface area (Å²) >= 11 is 0. The lowest BCUT2D eigenvalue weighted by molar-refractivity contribution is 0.578. The minimum atomic E-state index is -3.23. The fourth-order valence-corrected chi connectivity index (χ4v) is 3.03. The fourth-order valence-electron chi connectivity index (χ4n) is 2.40. The minimum absolute atomic E-state index is 0.0776. The Kier molecular flexibility index (Phi) is 5.91. The molecule has 0 radical (unpaired) electrons. The number of benzene rings is 1. The van der Waals surface area contributed by atoms with Gasteiger partial charge in [-0.1, -0.05) is 44.2 Å². The molecule has 2 rings (SSSR count). The normalized spacial score (nSPS) is 13.2. The molecule has 0 spiro atoms. The lowest BCUT2D eigenvalue weighted by atomic mass is 9.92. The van der Waals surface area contributed by atoms with E-state index in [4.69, 9.17) is 0 Å². The molecule has 0 saturated carbocycles. The zero-order chi connectivity index (χ0) is 16.9. The molecular weight excluding hydrogens is 308 g/mol. The van der Waals surface area contributed by atoms with Crippen molar-refractivity contribution in [2.75, 3.05) is 12.3 Å². The number of sulfonamides is 1. The van der Waals surface area contributed by atoms with E-state index in [1.165, 1.54) is 5.56 Å². The Balaban J connectivity index is 2.30. The molecule has 0 fully saturated rings. The summed E-state index contributed by atoms with van der Waals surface area (Å²) in [5.74, 6) is 0.448. The maximum Gasteiger partial charge on any atom is 0.211 e. The number of pyridine rings is 1. The maximum absolute atomic E-state index is 11.8. The Morgan fingerprint density at radius 3 is 2.22 bits per heavy atom. The van der Waals surface area contributed by atoms with Crippen molar-refractivity contribution in [3.05, 3.63) is 65.5 Å². The van der Waals surface area contributed by atoms with Crippen LogP contribution in [-0.2, 0) is 10.0 Å². The highest BCUT2D eigenvalue weighted by molar-refractivity contribution is 7.89. The van der Waals surface area contributed by atoms with Crippen molar-refractivity contribution < 1.29 is 8.42 Å². The van der Waals surface area contributed by atoms with E-state index in [-0.39, 0.29) is 11.7 Å². The second-order valence-electron chi connectivity index (χ2n) is 5.88. The van der Waals surface area contributed by atoms with Crippen LogP contribution in [0, 0.1) is 0 Å². The third-order valence-electron chi connectivity index (χ3n) is 3.94. The van der Waals surface area contributed by atoms with Crippen molar-refractivity contribution in [1.29, 1.82) is 0 Å². The first-order chi connectivity index (χ1) is 10.9. The third-order valence-corrected chi connectivity index (χ3v) is 5.30. The molecule has 1 unspecified atom stereocenters. The summed E-state index contributed by atoms with van der Waals surface area (Å²) in [4.78, 5) is 4.40. The second kappa shape index (κ2) is 7.70. The van der Waals surface area contributed by atoms with Gasteiger partial charge >= 0.3 is 0 Å². The highest BCUT2D eigenvalue weighted by Gasteiger charge is 2.18. The Bertz CT molecular complexity index is 710. The summed E-state index contributed by atoms with van der Waals surface area (Å²) < 4.78 is 26.2. The predicted molar refractivity (Wildman–Crippen MR) is 94.1 cm³/mol. The molecular formula is C18H24N2O2S. The Hall–Kier alpha value is -1.72. The minimum Gasteiger partial charge on any atom is -0.261 e. The Labute approximate surface area is 139 Å². The van der Waals surface area contributed by atoms with Gasteiger partial charge in [-0.05, 0) is 36.1 Å². The molecule has 0 aliphatic rings. The standard InChI is InChI=1S/C18H24N2O2S/c1-4-23(21,22)20-13-17(18-7-5-6-12-19-18)16-10-8-15(9-11-16)14(2)3/h5-12,14,17,20H,4,13H2,1-3H3. The highest BCUT2D eigenvalue weighted by Crippen LogP contribution is 2.24. The molecule has 0 aliphatic heterocycles. The summed E-state index contributed by atoms with van der Waals surface area (Å²) in [7, 11) is -3.23. The highest BCUT2D eigenvalue weighted by atomic mass is 32.2. The zero-order valence-corrected chi connectivity index (χ0v) is 14.7. The summed E-state index contributed by atoms with van der Waals surface area (Å²) in [5, 5.41) is 0. The van der Waals surface area contributed by atoms with Crippen molar-refractivity contribution in [2.45, 2.75) is 32.6 Å². The van der Waals surface area contributed by atoms with Crippen LogP contribution < -0.4 is 4.72 Å². The van der Waals surface area contributed by atoms with Gasteiger partial charge in [0.25, 0.3) is 0 Å². The van der Waals surface area contributed by atoms with Crippen LogP contribution in [0.25, 0.3) is 0 Å². The van der Waals surface area contributed by atoms with Crippen LogP contribution in [0.4, 0.5) is 0 Å². The van der Waals surface area contributed by atoms with Crippen LogP contribution in [0.3, 0.4) is 0 Å². The van der Waals surface area contributed by atoms with Crippen molar-refractivity contribution in [1.82, 2.24) is 9.71 Å². The largest absolute Gasteiger partial charge is 0.261 e. The van der Waals surface area contributed by atoms with Gasteiger partial charge in [-0.3, -0.25) is 4.98 Å². The van der Waals surface area contributed by atoms with E-state index in [0.29, 0.717) is 12.5 Å². The molecule has 0 saturated heterocycles. The molecule has 1 N–H and O–H groups in total. The molecule has 1 atom stereocenters. The van der Waals surface area contributed by atoms with Crippen molar-refractivity contribution >= 4 is 10.0 Å². The zero-order valence-electron chi connectivity index (χ0n) is 13.9. The average Bonchev–Trinajstić information content (AvgIpc) is 2.56. The molecule has 2 aromatic rings. The first-order valence-corrected chi connectivity index (χ1v) is 9.56. The summed E-state index contributed by atoms with van der Waals surface area (Å²) in [6.07, 6.45) is 1.74. The number of nitrogens with one attached hydrogen (secondary N) is 1. The van der Waals surface area contributed by atoms with E-state index < -0.39 is 10.0 Å². The molecule has 0 amide bonds. The number of hydrogen-bond donors (Lipinski definition) is 1. The van der Waals surface area contributed by atoms with E-state index in [2.05, 4.69) is 47.8 Å². The van der Waals surface area contributed by atoms with Crippen LogP contribution in [0.15, 0.2) is 48.7 Å². The SMILES string of the molecule is CCS(=O)(=O)NCC(c1ccc(C(C)C)cc1)c1ccccn1. The lowest BCUT2D eigenvalue weighted by Gasteiger charge is -2.18. The smallest absolute Gasteiger partial charge is 0.211 e. The predicted octanol–water partition coefficient (Wildman–Crippen LogP) is 3.28. The fraction of sp³-hybridized carbons (Fsp3) is 0.389. The Morgan fingerprint density at radius 1 is 1.04 bits per heavy atom. The topological polar surface area (TPSA) is 59.1 Å². The van der Waals surface area contributed by atoms with E-state index in [1.54, 1.807) is 13.1 Å². The third kappa shape index (κ3) is 4.88. The molecule has 0 aliphatic carbocycles. The summed E-state index contributed by atoms with van der Waals surface area (Å²) in [5.41, 5.74) is 3.19. The molecule has 1 heterocycles. The maximum atomic E-state index is 11.8. The van der Waals surface area contributed by atoms with Gasteiger partial charge in [0.1, 0.15) is 0 Å². The van der Waals surface area contributed by atoms with Crippen molar-refractivity contribution in [3.63, 3.8) is 0 Å². The number of aromatic nitrogens is 1. The lowest BCUT2D eigenvalue weighted by Crippen LogP contribution is -2.30. The van der Waals surface area contributed by atoms with Gasteiger partial charge < -0.3 is 0 Å². The van der Waals surface area contributed by atoms with Crippen molar-refractivity contribution in [3.8, 4) is 0 Å². The van der Waals surface area contributed by atoms with E-state index in [9.17, 15) is 8.42 Å². The number of nitrogens with zero attached hydrogens (tertiary/aromatic N) is 1. The van der Waals surface area contributed by atoms with Crippen LogP contribution in [0.2, 0.25) is 0 Å². The molecule has 1 aromatic heterocycles. The van der Waals surface area contributed by atoms with Gasteiger partial charge in [-0.25, -0.2) is 13.1 Å².